The Balaban J connectivity index is 1.39. The average Bonchev–Trinajstić information content (AvgIpc) is 3.10. The molecular formula is C21H28N4O. The molecule has 1 aromatic heterocycles. The van der Waals surface area contributed by atoms with Crippen LogP contribution in [0.1, 0.15) is 17.7 Å². The van der Waals surface area contributed by atoms with Gasteiger partial charge in [0.05, 0.1) is 12.2 Å². The van der Waals surface area contributed by atoms with Gasteiger partial charge in [-0.1, -0.05) is 18.2 Å². The van der Waals surface area contributed by atoms with Gasteiger partial charge < -0.3 is 10.2 Å². The number of rotatable bonds is 7. The number of nitrogens with zero attached hydrogens (tertiary/aromatic N) is 3. The van der Waals surface area contributed by atoms with Crippen LogP contribution in [0.25, 0.3) is 0 Å². The molecule has 0 aliphatic carbocycles. The van der Waals surface area contributed by atoms with Crippen molar-refractivity contribution in [2.75, 3.05) is 38.1 Å². The van der Waals surface area contributed by atoms with Crippen LogP contribution in [-0.2, 0) is 11.3 Å². The first kappa shape index (κ1) is 18.4. The molecular weight excluding hydrogens is 324 g/mol. The third-order valence-electron chi connectivity index (χ3n) is 4.81. The van der Waals surface area contributed by atoms with Gasteiger partial charge in [0.2, 0.25) is 5.91 Å². The van der Waals surface area contributed by atoms with E-state index < -0.39 is 0 Å². The van der Waals surface area contributed by atoms with Gasteiger partial charge in [0.1, 0.15) is 0 Å². The Labute approximate surface area is 156 Å². The largest absolute Gasteiger partial charge is 0.371 e. The number of likely N-dealkylation sites (N-methyl/N-ethyl adjacent to an activating group) is 1. The lowest BCUT2D eigenvalue weighted by molar-refractivity contribution is -0.122. The highest BCUT2D eigenvalue weighted by Crippen LogP contribution is 2.24. The Morgan fingerprint density at radius 1 is 1.31 bits per heavy atom. The van der Waals surface area contributed by atoms with E-state index in [4.69, 9.17) is 0 Å². The van der Waals surface area contributed by atoms with Crippen LogP contribution >= 0.6 is 0 Å². The molecule has 1 aliphatic rings. The van der Waals surface area contributed by atoms with Crippen molar-refractivity contribution < 1.29 is 4.79 Å². The van der Waals surface area contributed by atoms with Crippen molar-refractivity contribution in [1.29, 1.82) is 0 Å². The van der Waals surface area contributed by atoms with E-state index in [9.17, 15) is 4.79 Å². The van der Waals surface area contributed by atoms with Crippen LogP contribution in [0, 0.1) is 12.8 Å². The predicted octanol–water partition coefficient (Wildman–Crippen LogP) is 2.46. The smallest absolute Gasteiger partial charge is 0.234 e. The second-order valence-electron chi connectivity index (χ2n) is 7.24. The summed E-state index contributed by atoms with van der Waals surface area (Å²) in [5.74, 6) is 0.595. The summed E-state index contributed by atoms with van der Waals surface area (Å²) in [5.41, 5.74) is 3.55. The van der Waals surface area contributed by atoms with Gasteiger partial charge in [-0.15, -0.1) is 0 Å². The number of benzene rings is 1. The third kappa shape index (κ3) is 5.30. The quantitative estimate of drug-likeness (QED) is 0.832. The second kappa shape index (κ2) is 8.81. The molecule has 138 valence electrons. The van der Waals surface area contributed by atoms with E-state index in [1.807, 2.05) is 30.1 Å². The molecule has 0 radical (unpaired) electrons. The molecule has 1 aromatic carbocycles. The minimum Gasteiger partial charge on any atom is -0.371 e. The highest BCUT2D eigenvalue weighted by Gasteiger charge is 2.23. The van der Waals surface area contributed by atoms with Crippen molar-refractivity contribution in [3.05, 3.63) is 59.9 Å². The molecule has 5 nitrogen and oxygen atoms in total. The number of hydrogen-bond donors (Lipinski definition) is 1. The number of aryl methyl sites for hydroxylation is 1. The van der Waals surface area contributed by atoms with Gasteiger partial charge in [-0.2, -0.15) is 0 Å². The molecule has 1 fully saturated rings. The number of anilines is 1. The van der Waals surface area contributed by atoms with Crippen LogP contribution in [0.2, 0.25) is 0 Å². The molecule has 0 spiro atoms. The zero-order chi connectivity index (χ0) is 18.4. The van der Waals surface area contributed by atoms with Crippen LogP contribution in [0.3, 0.4) is 0 Å². The summed E-state index contributed by atoms with van der Waals surface area (Å²) >= 11 is 0. The van der Waals surface area contributed by atoms with Crippen LogP contribution in [0.15, 0.2) is 48.7 Å². The Kier molecular flexibility index (Phi) is 6.23. The summed E-state index contributed by atoms with van der Waals surface area (Å²) < 4.78 is 0. The molecule has 1 amide bonds. The Morgan fingerprint density at radius 2 is 2.19 bits per heavy atom. The Morgan fingerprint density at radius 3 is 2.96 bits per heavy atom. The number of nitrogens with one attached hydrogen (secondary N) is 1. The van der Waals surface area contributed by atoms with E-state index in [1.165, 1.54) is 11.3 Å². The van der Waals surface area contributed by atoms with Gasteiger partial charge in [-0.25, -0.2) is 0 Å². The first-order valence-electron chi connectivity index (χ1n) is 9.27. The van der Waals surface area contributed by atoms with E-state index >= 15 is 0 Å². The van der Waals surface area contributed by atoms with Gasteiger partial charge in [-0.3, -0.25) is 14.7 Å². The van der Waals surface area contributed by atoms with E-state index in [1.54, 1.807) is 6.20 Å². The fourth-order valence-corrected chi connectivity index (χ4v) is 3.44. The van der Waals surface area contributed by atoms with E-state index in [-0.39, 0.29) is 5.91 Å². The van der Waals surface area contributed by atoms with Crippen LogP contribution in [0.5, 0.6) is 0 Å². The maximum Gasteiger partial charge on any atom is 0.234 e. The number of aromatic nitrogens is 1. The molecule has 26 heavy (non-hydrogen) atoms. The number of carbonyl (C=O) groups is 1. The minimum absolute atomic E-state index is 0.0810. The van der Waals surface area contributed by atoms with Crippen LogP contribution in [0.4, 0.5) is 5.69 Å². The lowest BCUT2D eigenvalue weighted by Gasteiger charge is -2.20. The first-order chi connectivity index (χ1) is 12.6. The second-order valence-corrected chi connectivity index (χ2v) is 7.24. The fourth-order valence-electron chi connectivity index (χ4n) is 3.44. The van der Waals surface area contributed by atoms with Crippen molar-refractivity contribution >= 4 is 11.6 Å². The van der Waals surface area contributed by atoms with Gasteiger partial charge in [0, 0.05) is 38.1 Å². The Hall–Kier alpha value is -2.40. The zero-order valence-electron chi connectivity index (χ0n) is 15.7. The molecule has 1 saturated heterocycles. The topological polar surface area (TPSA) is 48.5 Å². The fraction of sp³-hybridized carbons (Fsp3) is 0.429. The standard InChI is InChI=1S/C21H28N4O/c1-17-6-5-8-20(12-17)25-11-9-18(14-25)13-23-21(26)16-24(2)15-19-7-3-4-10-22-19/h3-8,10,12,18H,9,11,13-16H2,1-2H3,(H,23,26). The number of amides is 1. The number of carbonyl (C=O) groups excluding carboxylic acids is 1. The van der Waals surface area contributed by atoms with Gasteiger partial charge in [0.25, 0.3) is 0 Å². The maximum atomic E-state index is 12.2. The van der Waals surface area contributed by atoms with Gasteiger partial charge in [0.15, 0.2) is 0 Å². The molecule has 2 aromatic rings. The zero-order valence-corrected chi connectivity index (χ0v) is 15.7. The normalized spacial score (nSPS) is 16.9. The SMILES string of the molecule is Cc1cccc(N2CCC(CNC(=O)CN(C)Cc3ccccn3)C2)c1. The highest BCUT2D eigenvalue weighted by molar-refractivity contribution is 5.78. The Bertz CT molecular complexity index is 719. The molecule has 0 saturated carbocycles. The number of pyridine rings is 1. The van der Waals surface area contributed by atoms with Crippen molar-refractivity contribution in [3.8, 4) is 0 Å². The van der Waals surface area contributed by atoms with E-state index in [0.717, 1.165) is 31.7 Å². The molecule has 0 bridgehead atoms. The van der Waals surface area contributed by atoms with Gasteiger partial charge in [-0.05, 0) is 56.1 Å². The van der Waals surface area contributed by atoms with Gasteiger partial charge >= 0.3 is 0 Å². The molecule has 3 rings (SSSR count). The lowest BCUT2D eigenvalue weighted by Crippen LogP contribution is -2.38. The van der Waals surface area contributed by atoms with Crippen LogP contribution < -0.4 is 10.2 Å². The molecule has 5 heteroatoms. The van der Waals surface area contributed by atoms with Crippen molar-refractivity contribution in [2.24, 2.45) is 5.92 Å². The molecule has 2 heterocycles. The summed E-state index contributed by atoms with van der Waals surface area (Å²) in [6, 6.07) is 14.5. The average molecular weight is 352 g/mol. The number of hydrogen-bond acceptors (Lipinski definition) is 4. The lowest BCUT2D eigenvalue weighted by atomic mass is 10.1. The maximum absolute atomic E-state index is 12.2. The predicted molar refractivity (Wildman–Crippen MR) is 105 cm³/mol. The summed E-state index contributed by atoms with van der Waals surface area (Å²) in [6.45, 7) is 6.01. The van der Waals surface area contributed by atoms with Crippen LogP contribution in [-0.4, -0.2) is 49.0 Å². The summed E-state index contributed by atoms with van der Waals surface area (Å²) in [4.78, 5) is 20.9. The summed E-state index contributed by atoms with van der Waals surface area (Å²) in [7, 11) is 1.95. The van der Waals surface area contributed by atoms with Crippen molar-refractivity contribution in [2.45, 2.75) is 19.9 Å². The molecule has 1 N–H and O–H groups in total. The summed E-state index contributed by atoms with van der Waals surface area (Å²) in [5, 5.41) is 3.10. The van der Waals surface area contributed by atoms with Crippen molar-refractivity contribution in [1.82, 2.24) is 15.2 Å². The third-order valence-corrected chi connectivity index (χ3v) is 4.81. The highest BCUT2D eigenvalue weighted by atomic mass is 16.2. The van der Waals surface area contributed by atoms with E-state index in [0.29, 0.717) is 19.0 Å². The van der Waals surface area contributed by atoms with E-state index in [2.05, 4.69) is 46.4 Å². The summed E-state index contributed by atoms with van der Waals surface area (Å²) in [6.07, 6.45) is 2.90. The molecule has 1 aliphatic heterocycles. The molecule has 1 unspecified atom stereocenters. The van der Waals surface area contributed by atoms with Crippen molar-refractivity contribution in [3.63, 3.8) is 0 Å². The first-order valence-corrected chi connectivity index (χ1v) is 9.27. The minimum atomic E-state index is 0.0810. The monoisotopic (exact) mass is 352 g/mol. The molecule has 1 atom stereocenters.